The van der Waals surface area contributed by atoms with Crippen LogP contribution in [0.4, 0.5) is 5.69 Å². The number of benzene rings is 3. The molecule has 0 atom stereocenters. The first-order valence-electron chi connectivity index (χ1n) is 9.37. The fourth-order valence-electron chi connectivity index (χ4n) is 3.21. The molecule has 0 spiro atoms. The maximum Gasteiger partial charge on any atom is 0.264 e. The van der Waals surface area contributed by atoms with Crippen molar-refractivity contribution < 1.29 is 17.9 Å². The van der Waals surface area contributed by atoms with Crippen LogP contribution in [0, 0.1) is 0 Å². The van der Waals surface area contributed by atoms with Crippen LogP contribution in [0.5, 0.6) is 11.5 Å². The van der Waals surface area contributed by atoms with E-state index in [9.17, 15) is 8.42 Å². The Morgan fingerprint density at radius 2 is 1.48 bits per heavy atom. The highest BCUT2D eigenvalue weighted by Crippen LogP contribution is 2.34. The maximum absolute atomic E-state index is 13.7. The van der Waals surface area contributed by atoms with Crippen LogP contribution in [-0.2, 0) is 23.0 Å². The van der Waals surface area contributed by atoms with E-state index >= 15 is 0 Å². The highest BCUT2D eigenvalue weighted by molar-refractivity contribution is 7.92. The average molecular weight is 412 g/mol. The predicted molar refractivity (Wildman–Crippen MR) is 115 cm³/mol. The molecule has 152 valence electrons. The van der Waals surface area contributed by atoms with E-state index in [2.05, 4.69) is 0 Å². The minimum atomic E-state index is -3.84. The molecule has 3 aromatic rings. The molecule has 0 heterocycles. The summed E-state index contributed by atoms with van der Waals surface area (Å²) in [7, 11) is -0.837. The van der Waals surface area contributed by atoms with Crippen LogP contribution >= 0.6 is 0 Å². The van der Waals surface area contributed by atoms with E-state index in [1.165, 1.54) is 24.6 Å². The summed E-state index contributed by atoms with van der Waals surface area (Å²) < 4.78 is 39.4. The van der Waals surface area contributed by atoms with Gasteiger partial charge in [-0.1, -0.05) is 55.5 Å². The molecule has 0 aliphatic heterocycles. The third-order valence-corrected chi connectivity index (χ3v) is 6.51. The molecular formula is C23H25NO4S. The number of para-hydroxylation sites is 1. The van der Waals surface area contributed by atoms with Crippen LogP contribution in [0.3, 0.4) is 0 Å². The Kier molecular flexibility index (Phi) is 6.44. The molecule has 3 rings (SSSR count). The van der Waals surface area contributed by atoms with Crippen molar-refractivity contribution in [2.75, 3.05) is 18.5 Å². The van der Waals surface area contributed by atoms with Crippen molar-refractivity contribution in [2.24, 2.45) is 0 Å². The quantitative estimate of drug-likeness (QED) is 0.541. The molecular weight excluding hydrogens is 386 g/mol. The Morgan fingerprint density at radius 1 is 0.828 bits per heavy atom. The lowest BCUT2D eigenvalue weighted by Crippen LogP contribution is -2.31. The molecule has 0 aromatic heterocycles. The van der Waals surface area contributed by atoms with E-state index in [-0.39, 0.29) is 11.4 Å². The summed E-state index contributed by atoms with van der Waals surface area (Å²) in [6.07, 6.45) is 0.725. The van der Waals surface area contributed by atoms with Crippen molar-refractivity contribution >= 4 is 15.7 Å². The van der Waals surface area contributed by atoms with Gasteiger partial charge in [0.25, 0.3) is 10.0 Å². The van der Waals surface area contributed by atoms with Gasteiger partial charge < -0.3 is 9.47 Å². The number of anilines is 1. The second-order valence-corrected chi connectivity index (χ2v) is 8.36. The van der Waals surface area contributed by atoms with Crippen LogP contribution in [0.25, 0.3) is 0 Å². The van der Waals surface area contributed by atoms with Gasteiger partial charge in [0.15, 0.2) is 11.5 Å². The second-order valence-electron chi connectivity index (χ2n) is 6.50. The van der Waals surface area contributed by atoms with Gasteiger partial charge in [-0.05, 0) is 35.7 Å². The molecule has 0 N–H and O–H groups in total. The minimum absolute atomic E-state index is 0.150. The van der Waals surface area contributed by atoms with Crippen LogP contribution in [-0.4, -0.2) is 22.6 Å². The third kappa shape index (κ3) is 4.38. The number of hydrogen-bond acceptors (Lipinski definition) is 4. The van der Waals surface area contributed by atoms with Crippen LogP contribution in [0.2, 0.25) is 0 Å². The Bertz CT molecular complexity index is 1070. The van der Waals surface area contributed by atoms with Crippen molar-refractivity contribution in [2.45, 2.75) is 24.8 Å². The molecule has 0 bridgehead atoms. The van der Waals surface area contributed by atoms with Crippen molar-refractivity contribution in [1.82, 2.24) is 0 Å². The Hall–Kier alpha value is -2.99. The van der Waals surface area contributed by atoms with Gasteiger partial charge >= 0.3 is 0 Å². The maximum atomic E-state index is 13.7. The first kappa shape index (κ1) is 20.7. The molecule has 0 unspecified atom stereocenters. The number of hydrogen-bond donors (Lipinski definition) is 0. The number of aryl methyl sites for hydroxylation is 1. The molecule has 0 aliphatic rings. The molecule has 0 amide bonds. The van der Waals surface area contributed by atoms with Gasteiger partial charge in [0, 0.05) is 6.07 Å². The molecule has 3 aromatic carbocycles. The van der Waals surface area contributed by atoms with E-state index in [0.717, 1.165) is 17.5 Å². The molecule has 6 heteroatoms. The fraction of sp³-hybridized carbons (Fsp3) is 0.217. The van der Waals surface area contributed by atoms with Gasteiger partial charge in [-0.3, -0.25) is 4.31 Å². The van der Waals surface area contributed by atoms with Gasteiger partial charge in [0.2, 0.25) is 0 Å². The summed E-state index contributed by atoms with van der Waals surface area (Å²) in [6.45, 7) is 2.25. The van der Waals surface area contributed by atoms with Crippen LogP contribution < -0.4 is 13.8 Å². The number of ether oxygens (including phenoxy) is 2. The third-order valence-electron chi connectivity index (χ3n) is 4.75. The van der Waals surface area contributed by atoms with Gasteiger partial charge in [-0.2, -0.15) is 0 Å². The first-order chi connectivity index (χ1) is 14.0. The highest BCUT2D eigenvalue weighted by Gasteiger charge is 2.27. The largest absolute Gasteiger partial charge is 0.493 e. The van der Waals surface area contributed by atoms with Gasteiger partial charge in [0.1, 0.15) is 0 Å². The van der Waals surface area contributed by atoms with E-state index in [1.54, 1.807) is 12.1 Å². The van der Waals surface area contributed by atoms with Crippen molar-refractivity contribution in [3.63, 3.8) is 0 Å². The zero-order chi connectivity index (χ0) is 20.9. The first-order valence-corrected chi connectivity index (χ1v) is 10.8. The lowest BCUT2D eigenvalue weighted by molar-refractivity contribution is 0.354. The molecule has 0 radical (unpaired) electrons. The van der Waals surface area contributed by atoms with Crippen molar-refractivity contribution in [3.05, 3.63) is 83.9 Å². The Morgan fingerprint density at radius 3 is 2.14 bits per heavy atom. The molecule has 0 fully saturated rings. The SMILES string of the molecule is CCc1ccccc1N(Cc1ccccc1)S(=O)(=O)c1ccc(OC)c(OC)c1. The summed E-state index contributed by atoms with van der Waals surface area (Å²) in [4.78, 5) is 0.150. The lowest BCUT2D eigenvalue weighted by Gasteiger charge is -2.27. The topological polar surface area (TPSA) is 55.8 Å². The van der Waals surface area contributed by atoms with Crippen LogP contribution in [0.1, 0.15) is 18.1 Å². The summed E-state index contributed by atoms with van der Waals surface area (Å²) in [6, 6.07) is 21.8. The smallest absolute Gasteiger partial charge is 0.264 e. The van der Waals surface area contributed by atoms with E-state index < -0.39 is 10.0 Å². The summed E-state index contributed by atoms with van der Waals surface area (Å²) in [5.41, 5.74) is 2.54. The standard InChI is InChI=1S/C23H25NO4S/c1-4-19-12-8-9-13-21(19)24(17-18-10-6-5-7-11-18)29(25,26)20-14-15-22(27-2)23(16-20)28-3/h5-16H,4,17H2,1-3H3. The normalized spacial score (nSPS) is 11.1. The second kappa shape index (κ2) is 9.01. The predicted octanol–water partition coefficient (Wildman–Crippen LogP) is 4.66. The summed E-state index contributed by atoms with van der Waals surface area (Å²) in [5, 5.41) is 0. The molecule has 5 nitrogen and oxygen atoms in total. The number of methoxy groups -OCH3 is 2. The highest BCUT2D eigenvalue weighted by atomic mass is 32.2. The van der Waals surface area contributed by atoms with Gasteiger partial charge in [0.05, 0.1) is 31.3 Å². The Balaban J connectivity index is 2.14. The minimum Gasteiger partial charge on any atom is -0.493 e. The van der Waals surface area contributed by atoms with E-state index in [1.807, 2.05) is 61.5 Å². The zero-order valence-corrected chi connectivity index (χ0v) is 17.6. The molecule has 0 saturated heterocycles. The zero-order valence-electron chi connectivity index (χ0n) is 16.8. The van der Waals surface area contributed by atoms with E-state index in [0.29, 0.717) is 17.2 Å². The fourth-order valence-corrected chi connectivity index (χ4v) is 4.71. The molecule has 29 heavy (non-hydrogen) atoms. The summed E-state index contributed by atoms with van der Waals surface area (Å²) >= 11 is 0. The lowest BCUT2D eigenvalue weighted by atomic mass is 10.1. The monoisotopic (exact) mass is 411 g/mol. The average Bonchev–Trinajstić information content (AvgIpc) is 2.77. The van der Waals surface area contributed by atoms with Crippen molar-refractivity contribution in [3.8, 4) is 11.5 Å². The van der Waals surface area contributed by atoms with Gasteiger partial charge in [-0.15, -0.1) is 0 Å². The number of sulfonamides is 1. The molecule has 0 aliphatic carbocycles. The van der Waals surface area contributed by atoms with Crippen LogP contribution in [0.15, 0.2) is 77.7 Å². The van der Waals surface area contributed by atoms with E-state index in [4.69, 9.17) is 9.47 Å². The number of nitrogens with zero attached hydrogens (tertiary/aromatic N) is 1. The number of rotatable bonds is 8. The van der Waals surface area contributed by atoms with Crippen molar-refractivity contribution in [1.29, 1.82) is 0 Å². The molecule has 0 saturated carbocycles. The van der Waals surface area contributed by atoms with Gasteiger partial charge in [-0.25, -0.2) is 8.42 Å². The summed E-state index contributed by atoms with van der Waals surface area (Å²) in [5.74, 6) is 0.854. The Labute approximate surface area is 172 Å².